The van der Waals surface area contributed by atoms with Crippen LogP contribution in [0.1, 0.15) is 258 Å². The number of hydrogen-bond acceptors (Lipinski definition) is 4. The van der Waals surface area contributed by atoms with Crippen LogP contribution in [0.2, 0.25) is 0 Å². The Bertz CT molecular complexity index is 2210. The number of hydrogen-bond donors (Lipinski definition) is 2. The second kappa shape index (κ2) is 60.6. The van der Waals surface area contributed by atoms with Crippen LogP contribution in [0.15, 0.2) is 72.8 Å². The molecule has 5 nitrogen and oxygen atoms in total. The molecule has 6 saturated carbocycles. The van der Waals surface area contributed by atoms with Crippen molar-refractivity contribution in [2.75, 3.05) is 19.9 Å². The van der Waals surface area contributed by atoms with Crippen LogP contribution in [-0.2, 0) is 145 Å². The van der Waals surface area contributed by atoms with Gasteiger partial charge in [-0.05, 0) is 87.4 Å². The summed E-state index contributed by atoms with van der Waals surface area (Å²) in [6.07, 6.45) is 26.9. The first-order valence-electron chi connectivity index (χ1n) is 31.9. The predicted octanol–water partition coefficient (Wildman–Crippen LogP) is 23.3. The van der Waals surface area contributed by atoms with Crippen LogP contribution >= 0.6 is 83.0 Å². The van der Waals surface area contributed by atoms with Crippen molar-refractivity contribution in [2.45, 2.75) is 242 Å². The van der Waals surface area contributed by atoms with Crippen molar-refractivity contribution in [1.29, 1.82) is 0 Å². The van der Waals surface area contributed by atoms with E-state index in [9.17, 15) is 14.4 Å². The Hall–Kier alpha value is 3.42. The minimum Gasteiger partial charge on any atom is -0.481 e. The molecule has 0 bridgehead atoms. The van der Waals surface area contributed by atoms with Crippen LogP contribution in [-0.4, -0.2) is 48.7 Å². The fourth-order valence-electron chi connectivity index (χ4n) is 12.6. The number of aryl methyl sites for hydroxylation is 4. The van der Waals surface area contributed by atoms with Crippen molar-refractivity contribution in [3.05, 3.63) is 142 Å². The van der Waals surface area contributed by atoms with Crippen LogP contribution in [0.3, 0.4) is 0 Å². The number of carboxylic acids is 1. The van der Waals surface area contributed by atoms with Gasteiger partial charge in [0.15, 0.2) is 0 Å². The van der Waals surface area contributed by atoms with Gasteiger partial charge in [0.1, 0.15) is 12.6 Å². The van der Waals surface area contributed by atoms with Gasteiger partial charge < -0.3 is 19.8 Å². The Balaban J connectivity index is -0.000000315. The van der Waals surface area contributed by atoms with E-state index < -0.39 is 5.97 Å². The molecule has 2 unspecified atom stereocenters. The largest absolute Gasteiger partial charge is 0.481 e. The molecule has 87 heavy (non-hydrogen) atoms. The molecule has 4 aromatic carbocycles. The zero-order valence-electron chi connectivity index (χ0n) is 56.2. The quantitative estimate of drug-likeness (QED) is 0.0676. The number of carboxylic acid groups (broad SMARTS) is 1. The number of benzene rings is 4. The number of aliphatic hydroxyl groups is 1. The van der Waals surface area contributed by atoms with Gasteiger partial charge in [0, 0.05) is 224 Å². The van der Waals surface area contributed by atoms with Crippen LogP contribution < -0.4 is 0 Å². The molecule has 2 spiro atoms. The van der Waals surface area contributed by atoms with E-state index in [2.05, 4.69) is 213 Å². The second-order valence-electron chi connectivity index (χ2n) is 22.7. The summed E-state index contributed by atoms with van der Waals surface area (Å²) in [5.41, 5.74) is 11.1. The van der Waals surface area contributed by atoms with Crippen LogP contribution in [0.4, 0.5) is 0 Å². The zero-order chi connectivity index (χ0) is 62.8. The third-order valence-electron chi connectivity index (χ3n) is 17.6. The molecule has 482 valence electrons. The maximum absolute atomic E-state index is 11.0. The van der Waals surface area contributed by atoms with Gasteiger partial charge in [-0.1, -0.05) is 184 Å². The van der Waals surface area contributed by atoms with Crippen LogP contribution in [0.25, 0.3) is 0 Å². The first kappa shape index (κ1) is 99.1. The fourth-order valence-corrected chi connectivity index (χ4v) is 12.6. The van der Waals surface area contributed by atoms with E-state index in [-0.39, 0.29) is 142 Å². The topological polar surface area (TPSA) is 91.7 Å². The molecule has 4 radical (unpaired) electrons. The van der Waals surface area contributed by atoms with E-state index >= 15 is 0 Å². The van der Waals surface area contributed by atoms with Gasteiger partial charge in [0.05, 0.1) is 5.92 Å². The summed E-state index contributed by atoms with van der Waals surface area (Å²) >= 11 is 8.48. The molecule has 4 aromatic rings. The third-order valence-corrected chi connectivity index (χ3v) is 17.6. The SMILES string of the molecule is CC.CC.CC.CC.CPC.Cc1[c-]cc(C2CCC(CC=O)CC2)cc1.Cc1[c-]cc(C2CCC(CCCO)CC2)cc1.Cc1[c-]cc(C2CCC3(CC2)CC3C(=O)O)cc1.Cc1[c-]cc(C2CCC3(CC2)CC3C=O)cc1.II.II.[Y].[Y].[Y].[Y]. The predicted molar refractivity (Wildman–Crippen MR) is 395 cm³/mol. The Morgan fingerprint density at radius 2 is 0.805 bits per heavy atom. The van der Waals surface area contributed by atoms with Crippen molar-refractivity contribution < 1.29 is 155 Å². The first-order chi connectivity index (χ1) is 40.3. The van der Waals surface area contributed by atoms with E-state index in [4.69, 9.17) is 10.2 Å². The van der Waals surface area contributed by atoms with E-state index in [1.54, 1.807) is 0 Å². The number of rotatable bonds is 11. The summed E-state index contributed by atoms with van der Waals surface area (Å²) in [6, 6.07) is 39.3. The number of halogens is 4. The van der Waals surface area contributed by atoms with Crippen LogP contribution in [0, 0.1) is 86.5 Å². The number of aliphatic carboxylic acids is 1. The fraction of sp³-hybridized carbons (Fsp3) is 0.630. The van der Waals surface area contributed by atoms with E-state index in [0.29, 0.717) is 41.6 Å². The molecule has 10 rings (SSSR count). The number of aldehydes is 2. The van der Waals surface area contributed by atoms with Crippen LogP contribution in [0.5, 0.6) is 0 Å². The van der Waals surface area contributed by atoms with Gasteiger partial charge in [-0.2, -0.15) is 142 Å². The second-order valence-corrected chi connectivity index (χ2v) is 23.7. The molecule has 2 N–H and O–H groups in total. The van der Waals surface area contributed by atoms with E-state index in [1.165, 1.54) is 134 Å². The van der Waals surface area contributed by atoms with E-state index in [1.807, 2.05) is 55.4 Å². The average molecular weight is 1960 g/mol. The van der Waals surface area contributed by atoms with Crippen molar-refractivity contribution in [2.24, 2.45) is 34.5 Å². The smallest absolute Gasteiger partial charge is 0.307 e. The number of aliphatic hydroxyl groups excluding tert-OH is 1. The molecule has 0 heterocycles. The summed E-state index contributed by atoms with van der Waals surface area (Å²) < 4.78 is 0. The first-order valence-corrected chi connectivity index (χ1v) is 46.4. The Kier molecular flexibility index (Phi) is 69.0. The zero-order valence-corrected chi connectivity index (χ0v) is 77.2. The maximum Gasteiger partial charge on any atom is 0.307 e. The normalized spacial score (nSPS) is 24.3. The van der Waals surface area contributed by atoms with Crippen molar-refractivity contribution >= 4 is 102 Å². The molecule has 0 aliphatic heterocycles. The summed E-state index contributed by atoms with van der Waals surface area (Å²) in [5, 5.41) is 17.9. The monoisotopic (exact) mass is 1960 g/mol. The molecule has 14 heteroatoms. The van der Waals surface area contributed by atoms with Gasteiger partial charge in [0.25, 0.3) is 0 Å². The molecule has 6 fully saturated rings. The van der Waals surface area contributed by atoms with Gasteiger partial charge in [0.2, 0.25) is 0 Å². The Labute approximate surface area is 683 Å². The van der Waals surface area contributed by atoms with Gasteiger partial charge in [-0.15, -0.1) is 8.58 Å². The number of carbonyl (C=O) groups excluding carboxylic acids is 2. The molecular formula is C73H111I4O5PY4-4. The van der Waals surface area contributed by atoms with Crippen molar-refractivity contribution in [3.63, 3.8) is 0 Å². The molecule has 6 aliphatic carbocycles. The third kappa shape index (κ3) is 37.8. The van der Waals surface area contributed by atoms with Crippen molar-refractivity contribution in [1.82, 2.24) is 0 Å². The summed E-state index contributed by atoms with van der Waals surface area (Å²) in [5.74, 6) is 3.99. The van der Waals surface area contributed by atoms with Gasteiger partial charge >= 0.3 is 5.97 Å². The molecule has 6 aliphatic rings. The molecule has 0 amide bonds. The van der Waals surface area contributed by atoms with E-state index in [0.717, 1.165) is 78.1 Å². The minimum atomic E-state index is -0.586. The minimum absolute atomic E-state index is 0. The Morgan fingerprint density at radius 1 is 0.506 bits per heavy atom. The average Bonchev–Trinajstić information content (AvgIpc) is 1.73. The molecule has 2 atom stereocenters. The summed E-state index contributed by atoms with van der Waals surface area (Å²) in [7, 11) is 1.08. The summed E-state index contributed by atoms with van der Waals surface area (Å²) in [4.78, 5) is 32.3. The molecular weight excluding hydrogens is 1850 g/mol. The van der Waals surface area contributed by atoms with Gasteiger partial charge in [-0.25, -0.2) is 0 Å². The Morgan fingerprint density at radius 3 is 1.05 bits per heavy atom. The summed E-state index contributed by atoms with van der Waals surface area (Å²) in [6.45, 7) is 29.0. The van der Waals surface area contributed by atoms with Crippen molar-refractivity contribution in [3.8, 4) is 0 Å². The molecule has 0 aromatic heterocycles. The standard InChI is InChI=1S/C16H19O2.C16H19O.C16H23O.C15H19O.C2H7P.4C2H6.2I2.4Y/c1-11-2-4-12(5-3-11)13-6-8-16(9-7-13)10-14(16)15(17)18;1-12-2-4-13(5-3-12)14-6-8-16(9-7-14)10-15(16)11-17;1-13-4-8-15(9-5-13)16-10-6-14(7-11-16)3-2-12-17;1-12-2-6-14(7-3-12)15-8-4-13(5-9-15)10-11-16;1-3-2;6*1-2;;;;/h2,4-5,13-14H,6-10H2,1H3,(H,17,18);2,4-5,11,14-15H,6-10H2,1H3;4,8-9,14,16-17H,2-3,6-7,10-12H2,1H3;2,6-7,11,13,15H,4-5,8-10H2,1H3;3H,1-2H3;4*1-2H3;;;;;;/q4*-1;;;;;;;;;;;. The van der Waals surface area contributed by atoms with Gasteiger partial charge in [-0.3, -0.25) is 4.79 Å². The number of carbonyl (C=O) groups is 3. The molecule has 0 saturated heterocycles. The maximum atomic E-state index is 11.0.